The van der Waals surface area contributed by atoms with Crippen LogP contribution in [0.5, 0.6) is 0 Å². The van der Waals surface area contributed by atoms with Gasteiger partial charge in [-0.1, -0.05) is 0 Å². The quantitative estimate of drug-likeness (QED) is 0.475. The molecule has 0 aromatic carbocycles. The largest absolute Gasteiger partial charge is 0.390 e. The first-order valence-electron chi connectivity index (χ1n) is 3.10. The first-order chi connectivity index (χ1) is 4.33. The molecule has 5 N–H and O–H groups in total. The van der Waals surface area contributed by atoms with Crippen LogP contribution in [-0.4, -0.2) is 22.7 Å². The van der Waals surface area contributed by atoms with Crippen LogP contribution in [0.25, 0.3) is 0 Å². The number of aliphatic hydroxyl groups is 1. The molecular formula is C6H14N2O2. The van der Waals surface area contributed by atoms with Crippen LogP contribution in [0.15, 0.2) is 0 Å². The van der Waals surface area contributed by atoms with Gasteiger partial charge in [-0.05, 0) is 20.3 Å². The first-order valence-corrected chi connectivity index (χ1v) is 3.10. The summed E-state index contributed by atoms with van der Waals surface area (Å²) < 4.78 is 0. The van der Waals surface area contributed by atoms with Gasteiger partial charge in [0, 0.05) is 0 Å². The van der Waals surface area contributed by atoms with Crippen molar-refractivity contribution in [3.05, 3.63) is 0 Å². The molecule has 0 radical (unpaired) electrons. The molecule has 0 fully saturated rings. The van der Waals surface area contributed by atoms with Crippen LogP contribution in [0.3, 0.4) is 0 Å². The second-order valence-electron chi connectivity index (χ2n) is 3.03. The average Bonchev–Trinajstić information content (AvgIpc) is 1.60. The highest BCUT2D eigenvalue weighted by Crippen LogP contribution is 2.08. The lowest BCUT2D eigenvalue weighted by Gasteiger charge is -2.19. The van der Waals surface area contributed by atoms with E-state index in [0.29, 0.717) is 0 Å². The van der Waals surface area contributed by atoms with Crippen molar-refractivity contribution in [2.75, 3.05) is 0 Å². The molecule has 0 bridgehead atoms. The summed E-state index contributed by atoms with van der Waals surface area (Å²) in [6.45, 7) is 3.16. The van der Waals surface area contributed by atoms with E-state index < -0.39 is 17.6 Å². The molecule has 4 nitrogen and oxygen atoms in total. The highest BCUT2D eigenvalue weighted by molar-refractivity contribution is 5.79. The number of carbonyl (C=O) groups excluding carboxylic acids is 1. The smallest absolute Gasteiger partial charge is 0.234 e. The van der Waals surface area contributed by atoms with Gasteiger partial charge in [-0.15, -0.1) is 0 Å². The molecule has 0 aliphatic rings. The van der Waals surface area contributed by atoms with Crippen LogP contribution in [0.2, 0.25) is 0 Å². The number of primary amides is 1. The van der Waals surface area contributed by atoms with E-state index in [2.05, 4.69) is 0 Å². The van der Waals surface area contributed by atoms with Crippen molar-refractivity contribution in [2.45, 2.75) is 31.9 Å². The monoisotopic (exact) mass is 146 g/mol. The zero-order valence-corrected chi connectivity index (χ0v) is 6.29. The minimum Gasteiger partial charge on any atom is -0.390 e. The lowest BCUT2D eigenvalue weighted by atomic mass is 10.00. The van der Waals surface area contributed by atoms with Gasteiger partial charge in [0.15, 0.2) is 0 Å². The van der Waals surface area contributed by atoms with E-state index in [4.69, 9.17) is 16.6 Å². The zero-order chi connectivity index (χ0) is 8.36. The van der Waals surface area contributed by atoms with Gasteiger partial charge in [-0.25, -0.2) is 0 Å². The van der Waals surface area contributed by atoms with E-state index in [1.165, 1.54) is 0 Å². The van der Waals surface area contributed by atoms with E-state index in [0.717, 1.165) is 0 Å². The van der Waals surface area contributed by atoms with E-state index in [9.17, 15) is 4.79 Å². The number of hydrogen-bond donors (Lipinski definition) is 3. The Hall–Kier alpha value is -0.610. The Labute approximate surface area is 60.2 Å². The van der Waals surface area contributed by atoms with Gasteiger partial charge in [-0.2, -0.15) is 0 Å². The molecule has 0 aliphatic heterocycles. The van der Waals surface area contributed by atoms with Gasteiger partial charge in [0.2, 0.25) is 5.91 Å². The molecule has 0 aliphatic carbocycles. The molecule has 0 rings (SSSR count). The van der Waals surface area contributed by atoms with Gasteiger partial charge in [-0.3, -0.25) is 4.79 Å². The van der Waals surface area contributed by atoms with Crippen molar-refractivity contribution in [1.29, 1.82) is 0 Å². The maximum Gasteiger partial charge on any atom is 0.234 e. The second-order valence-corrected chi connectivity index (χ2v) is 3.03. The van der Waals surface area contributed by atoms with Gasteiger partial charge >= 0.3 is 0 Å². The molecule has 0 spiro atoms. The Kier molecular flexibility index (Phi) is 2.80. The Morgan fingerprint density at radius 3 is 2.20 bits per heavy atom. The van der Waals surface area contributed by atoms with Crippen molar-refractivity contribution in [1.82, 2.24) is 0 Å². The molecule has 0 heterocycles. The number of carbonyl (C=O) groups is 1. The zero-order valence-electron chi connectivity index (χ0n) is 6.29. The molecular weight excluding hydrogens is 132 g/mol. The van der Waals surface area contributed by atoms with Crippen LogP contribution in [0.4, 0.5) is 0 Å². The summed E-state index contributed by atoms with van der Waals surface area (Å²) >= 11 is 0. The molecule has 1 amide bonds. The molecule has 60 valence electrons. The maximum atomic E-state index is 10.4. The summed E-state index contributed by atoms with van der Waals surface area (Å²) in [5.74, 6) is -0.581. The molecule has 0 aromatic rings. The fourth-order valence-corrected chi connectivity index (χ4v) is 0.639. The van der Waals surface area contributed by atoms with Gasteiger partial charge in [0.05, 0.1) is 11.6 Å². The third-order valence-electron chi connectivity index (χ3n) is 1.08. The van der Waals surface area contributed by atoms with Crippen LogP contribution >= 0.6 is 0 Å². The summed E-state index contributed by atoms with van der Waals surface area (Å²) in [5.41, 5.74) is 9.21. The normalized spacial score (nSPS) is 14.8. The third-order valence-corrected chi connectivity index (χ3v) is 1.08. The topological polar surface area (TPSA) is 89.3 Å². The average molecular weight is 146 g/mol. The SMILES string of the molecule is CC(C)(O)C[C@H](N)C(N)=O. The highest BCUT2D eigenvalue weighted by atomic mass is 16.3. The lowest BCUT2D eigenvalue weighted by Crippen LogP contribution is -2.41. The van der Waals surface area contributed by atoms with Crippen molar-refractivity contribution in [3.63, 3.8) is 0 Å². The molecule has 4 heteroatoms. The number of nitrogens with two attached hydrogens (primary N) is 2. The predicted octanol–water partition coefficient (Wildman–Crippen LogP) is -1.04. The minimum atomic E-state index is -0.922. The predicted molar refractivity (Wildman–Crippen MR) is 38.1 cm³/mol. The number of hydrogen-bond acceptors (Lipinski definition) is 3. The fraction of sp³-hybridized carbons (Fsp3) is 0.833. The molecule has 1 atom stereocenters. The fourth-order valence-electron chi connectivity index (χ4n) is 0.639. The van der Waals surface area contributed by atoms with Crippen molar-refractivity contribution >= 4 is 5.91 Å². The molecule has 0 saturated heterocycles. The Bertz CT molecular complexity index is 128. The standard InChI is InChI=1S/C6H14N2O2/c1-6(2,10)3-4(7)5(8)9/h4,10H,3,7H2,1-2H3,(H2,8,9)/t4-/m0/s1. The van der Waals surface area contributed by atoms with E-state index in [1.807, 2.05) is 0 Å². The highest BCUT2D eigenvalue weighted by Gasteiger charge is 2.20. The molecule has 10 heavy (non-hydrogen) atoms. The number of rotatable bonds is 3. The summed E-state index contributed by atoms with van der Waals surface area (Å²) in [6.07, 6.45) is 0.197. The van der Waals surface area contributed by atoms with E-state index in [1.54, 1.807) is 13.8 Å². The van der Waals surface area contributed by atoms with Gasteiger partial charge in [0.25, 0.3) is 0 Å². The summed E-state index contributed by atoms with van der Waals surface area (Å²) in [7, 11) is 0. The molecule has 0 aromatic heterocycles. The summed E-state index contributed by atoms with van der Waals surface area (Å²) in [4.78, 5) is 10.4. The van der Waals surface area contributed by atoms with Crippen LogP contribution in [-0.2, 0) is 4.79 Å². The third kappa shape index (κ3) is 4.29. The second kappa shape index (κ2) is 2.98. The van der Waals surface area contributed by atoms with Crippen molar-refractivity contribution < 1.29 is 9.90 Å². The van der Waals surface area contributed by atoms with Crippen LogP contribution < -0.4 is 11.5 Å². The molecule has 0 saturated carbocycles. The van der Waals surface area contributed by atoms with Gasteiger partial charge < -0.3 is 16.6 Å². The van der Waals surface area contributed by atoms with E-state index >= 15 is 0 Å². The van der Waals surface area contributed by atoms with Crippen molar-refractivity contribution in [3.8, 4) is 0 Å². The maximum absolute atomic E-state index is 10.4. The van der Waals surface area contributed by atoms with E-state index in [-0.39, 0.29) is 6.42 Å². The first kappa shape index (κ1) is 9.39. The summed E-state index contributed by atoms with van der Waals surface area (Å²) in [6, 6.07) is -0.750. The van der Waals surface area contributed by atoms with Crippen molar-refractivity contribution in [2.24, 2.45) is 11.5 Å². The molecule has 0 unspecified atom stereocenters. The Balaban J connectivity index is 3.80. The summed E-state index contributed by atoms with van der Waals surface area (Å²) in [5, 5.41) is 9.15. The number of amides is 1. The minimum absolute atomic E-state index is 0.197. The van der Waals surface area contributed by atoms with Crippen LogP contribution in [0.1, 0.15) is 20.3 Å². The lowest BCUT2D eigenvalue weighted by molar-refractivity contribution is -0.120. The van der Waals surface area contributed by atoms with Gasteiger partial charge in [0.1, 0.15) is 0 Å². The van der Waals surface area contributed by atoms with Crippen LogP contribution in [0, 0.1) is 0 Å². The Morgan fingerprint density at radius 1 is 1.70 bits per heavy atom. The Morgan fingerprint density at radius 2 is 2.10 bits per heavy atom.